The summed E-state index contributed by atoms with van der Waals surface area (Å²) in [4.78, 5) is 4.20. The first-order valence-corrected chi connectivity index (χ1v) is 7.02. The minimum Gasteiger partial charge on any atom is -0.437 e. The summed E-state index contributed by atoms with van der Waals surface area (Å²) in [5.41, 5.74) is 1.78. The number of nitrogens with zero attached hydrogens (tertiary/aromatic N) is 1. The molecule has 2 nitrogen and oxygen atoms in total. The van der Waals surface area contributed by atoms with E-state index in [1.54, 1.807) is 12.3 Å². The molecular formula is C13H9Cl4NO. The van der Waals surface area contributed by atoms with Gasteiger partial charge in [-0.2, -0.15) is 0 Å². The number of hydrogen-bond donors (Lipinski definition) is 0. The van der Waals surface area contributed by atoms with Crippen molar-refractivity contribution in [2.75, 3.05) is 0 Å². The van der Waals surface area contributed by atoms with Gasteiger partial charge in [0.05, 0.1) is 15.1 Å². The molecule has 0 aliphatic rings. The third kappa shape index (κ3) is 3.46. The van der Waals surface area contributed by atoms with Gasteiger partial charge in [0.2, 0.25) is 5.88 Å². The quantitative estimate of drug-likeness (QED) is 0.515. The zero-order chi connectivity index (χ0) is 14.0. The molecule has 0 radical (unpaired) electrons. The van der Waals surface area contributed by atoms with Gasteiger partial charge < -0.3 is 4.74 Å². The molecule has 0 unspecified atom stereocenters. The van der Waals surface area contributed by atoms with Crippen molar-refractivity contribution >= 4 is 46.4 Å². The standard InChI is InChI=1S/C13H9Cl4NO/c1-7-2-8(5-14)6-18-13(7)19-12-4-10(16)9(15)3-11(12)17/h2-4,6H,5H2,1H3. The van der Waals surface area contributed by atoms with Crippen LogP contribution in [0.3, 0.4) is 0 Å². The first-order chi connectivity index (χ1) is 9.01. The summed E-state index contributed by atoms with van der Waals surface area (Å²) in [6, 6.07) is 4.99. The Balaban J connectivity index is 2.33. The lowest BCUT2D eigenvalue weighted by Gasteiger charge is -2.10. The second-order valence-corrected chi connectivity index (χ2v) is 5.39. The van der Waals surface area contributed by atoms with Crippen molar-refractivity contribution in [3.63, 3.8) is 0 Å². The second kappa shape index (κ2) is 6.19. The molecule has 0 aliphatic heterocycles. The highest BCUT2D eigenvalue weighted by Crippen LogP contribution is 2.36. The Kier molecular flexibility index (Phi) is 4.80. The van der Waals surface area contributed by atoms with Crippen LogP contribution in [0.25, 0.3) is 0 Å². The van der Waals surface area contributed by atoms with Crippen molar-refractivity contribution in [2.45, 2.75) is 12.8 Å². The minimum absolute atomic E-state index is 0.371. The van der Waals surface area contributed by atoms with Crippen LogP contribution >= 0.6 is 46.4 Å². The largest absolute Gasteiger partial charge is 0.437 e. The van der Waals surface area contributed by atoms with E-state index < -0.39 is 0 Å². The highest BCUT2D eigenvalue weighted by molar-refractivity contribution is 6.43. The van der Waals surface area contributed by atoms with Crippen LogP contribution < -0.4 is 4.74 Å². The molecule has 19 heavy (non-hydrogen) atoms. The van der Waals surface area contributed by atoms with Gasteiger partial charge in [0.15, 0.2) is 0 Å². The number of halogens is 4. The smallest absolute Gasteiger partial charge is 0.222 e. The number of ether oxygens (including phenoxy) is 1. The molecule has 0 N–H and O–H groups in total. The zero-order valence-corrected chi connectivity index (χ0v) is 12.9. The van der Waals surface area contributed by atoms with Gasteiger partial charge in [0.25, 0.3) is 0 Å². The van der Waals surface area contributed by atoms with E-state index in [-0.39, 0.29) is 0 Å². The molecule has 2 aromatic rings. The maximum atomic E-state index is 6.05. The molecule has 6 heteroatoms. The van der Waals surface area contributed by atoms with Crippen LogP contribution in [0.15, 0.2) is 24.4 Å². The van der Waals surface area contributed by atoms with Crippen LogP contribution in [0, 0.1) is 6.92 Å². The summed E-state index contributed by atoms with van der Waals surface area (Å²) in [6.45, 7) is 1.88. The average molecular weight is 337 g/mol. The minimum atomic E-state index is 0.371. The predicted octanol–water partition coefficient (Wildman–Crippen LogP) is 5.88. The Morgan fingerprint density at radius 2 is 1.74 bits per heavy atom. The van der Waals surface area contributed by atoms with Crippen LogP contribution in [0.2, 0.25) is 15.1 Å². The van der Waals surface area contributed by atoms with Crippen LogP contribution in [-0.2, 0) is 5.88 Å². The van der Waals surface area contributed by atoms with Gasteiger partial charge in [-0.15, -0.1) is 11.6 Å². The molecule has 1 heterocycles. The SMILES string of the molecule is Cc1cc(CCl)cnc1Oc1cc(Cl)c(Cl)cc1Cl. The molecule has 1 aromatic heterocycles. The third-order valence-corrected chi connectivity index (χ3v) is 3.75. The molecule has 1 aromatic carbocycles. The van der Waals surface area contributed by atoms with Crippen molar-refractivity contribution < 1.29 is 4.74 Å². The van der Waals surface area contributed by atoms with E-state index in [4.69, 9.17) is 51.1 Å². The van der Waals surface area contributed by atoms with Crippen LogP contribution in [0.4, 0.5) is 0 Å². The van der Waals surface area contributed by atoms with Gasteiger partial charge in [-0.05, 0) is 24.6 Å². The molecule has 0 aliphatic carbocycles. The van der Waals surface area contributed by atoms with Crippen molar-refractivity contribution in [1.82, 2.24) is 4.98 Å². The topological polar surface area (TPSA) is 22.1 Å². The first-order valence-electron chi connectivity index (χ1n) is 5.35. The monoisotopic (exact) mass is 335 g/mol. The molecule has 0 saturated carbocycles. The van der Waals surface area contributed by atoms with E-state index >= 15 is 0 Å². The number of pyridine rings is 1. The van der Waals surface area contributed by atoms with Crippen molar-refractivity contribution in [3.05, 3.63) is 50.6 Å². The molecule has 0 amide bonds. The Bertz CT molecular complexity index is 616. The van der Waals surface area contributed by atoms with E-state index in [1.165, 1.54) is 6.07 Å². The van der Waals surface area contributed by atoms with Crippen molar-refractivity contribution in [2.24, 2.45) is 0 Å². The number of hydrogen-bond acceptors (Lipinski definition) is 2. The highest BCUT2D eigenvalue weighted by Gasteiger charge is 2.10. The Labute approximate surface area is 131 Å². The highest BCUT2D eigenvalue weighted by atomic mass is 35.5. The maximum Gasteiger partial charge on any atom is 0.222 e. The van der Waals surface area contributed by atoms with E-state index in [0.29, 0.717) is 32.6 Å². The zero-order valence-electron chi connectivity index (χ0n) is 9.88. The van der Waals surface area contributed by atoms with Gasteiger partial charge in [0.1, 0.15) is 5.75 Å². The summed E-state index contributed by atoms with van der Waals surface area (Å²) in [5.74, 6) is 1.27. The van der Waals surface area contributed by atoms with Gasteiger partial charge in [0, 0.05) is 23.7 Å². The van der Waals surface area contributed by atoms with Crippen LogP contribution in [0.1, 0.15) is 11.1 Å². The Morgan fingerprint density at radius 3 is 2.37 bits per heavy atom. The number of aryl methyl sites for hydroxylation is 1. The number of alkyl halides is 1. The Hall–Kier alpha value is -0.670. The van der Waals surface area contributed by atoms with E-state index in [1.807, 2.05) is 13.0 Å². The summed E-state index contributed by atoms with van der Waals surface area (Å²) in [7, 11) is 0. The summed E-state index contributed by atoms with van der Waals surface area (Å²) in [5, 5.41) is 1.12. The lowest BCUT2D eigenvalue weighted by atomic mass is 10.2. The van der Waals surface area contributed by atoms with Gasteiger partial charge in [-0.3, -0.25) is 0 Å². The predicted molar refractivity (Wildman–Crippen MR) is 80.1 cm³/mol. The molecule has 100 valence electrons. The number of aromatic nitrogens is 1. The fourth-order valence-corrected chi connectivity index (χ4v) is 2.21. The molecule has 0 atom stereocenters. The number of benzene rings is 1. The second-order valence-electron chi connectivity index (χ2n) is 3.90. The summed E-state index contributed by atoms with van der Waals surface area (Å²) < 4.78 is 5.65. The van der Waals surface area contributed by atoms with E-state index in [0.717, 1.165) is 11.1 Å². The molecule has 0 spiro atoms. The van der Waals surface area contributed by atoms with Gasteiger partial charge in [-0.25, -0.2) is 4.98 Å². The molecule has 0 saturated heterocycles. The van der Waals surface area contributed by atoms with Crippen LogP contribution in [-0.4, -0.2) is 4.98 Å². The lowest BCUT2D eigenvalue weighted by molar-refractivity contribution is 0.459. The Morgan fingerprint density at radius 1 is 1.05 bits per heavy atom. The van der Waals surface area contributed by atoms with Crippen LogP contribution in [0.5, 0.6) is 11.6 Å². The summed E-state index contributed by atoms with van der Waals surface area (Å²) >= 11 is 23.6. The first kappa shape index (κ1) is 14.7. The van der Waals surface area contributed by atoms with Gasteiger partial charge >= 0.3 is 0 Å². The van der Waals surface area contributed by atoms with E-state index in [2.05, 4.69) is 4.98 Å². The molecule has 0 bridgehead atoms. The fraction of sp³-hybridized carbons (Fsp3) is 0.154. The molecule has 0 fully saturated rings. The lowest BCUT2D eigenvalue weighted by Crippen LogP contribution is -1.94. The van der Waals surface area contributed by atoms with E-state index in [9.17, 15) is 0 Å². The normalized spacial score (nSPS) is 10.6. The fourth-order valence-electron chi connectivity index (χ4n) is 1.49. The van der Waals surface area contributed by atoms with Crippen molar-refractivity contribution in [1.29, 1.82) is 0 Å². The maximum absolute atomic E-state index is 6.05. The third-order valence-electron chi connectivity index (χ3n) is 2.42. The summed E-state index contributed by atoms with van der Waals surface area (Å²) in [6.07, 6.45) is 1.65. The van der Waals surface area contributed by atoms with Gasteiger partial charge in [-0.1, -0.05) is 34.8 Å². The average Bonchev–Trinajstić information content (AvgIpc) is 2.38. The number of rotatable bonds is 3. The molecular weight excluding hydrogens is 328 g/mol. The van der Waals surface area contributed by atoms with Crippen molar-refractivity contribution in [3.8, 4) is 11.6 Å². The molecule has 2 rings (SSSR count).